The largest absolute Gasteiger partial charge is 0.497 e. The molecule has 1 aromatic rings. The highest BCUT2D eigenvalue weighted by atomic mass is 32.2. The SMILES string of the molecule is COc1ccc(N2C(=NC(=O)C(C)C)S[C@@H]3CS(=O)(=O)C[C@H]32)cc1. The van der Waals surface area contributed by atoms with Crippen LogP contribution in [0.1, 0.15) is 13.8 Å². The maximum absolute atomic E-state index is 12.1. The highest BCUT2D eigenvalue weighted by Crippen LogP contribution is 2.41. The first-order valence-electron chi connectivity index (χ1n) is 7.73. The zero-order valence-corrected chi connectivity index (χ0v) is 15.4. The van der Waals surface area contributed by atoms with Crippen molar-refractivity contribution < 1.29 is 17.9 Å². The van der Waals surface area contributed by atoms with Gasteiger partial charge in [-0.15, -0.1) is 0 Å². The summed E-state index contributed by atoms with van der Waals surface area (Å²) in [6.07, 6.45) is 0. The summed E-state index contributed by atoms with van der Waals surface area (Å²) >= 11 is 1.39. The molecule has 2 aliphatic heterocycles. The van der Waals surface area contributed by atoms with Crippen LogP contribution >= 0.6 is 11.8 Å². The van der Waals surface area contributed by atoms with E-state index in [0.29, 0.717) is 5.17 Å². The lowest BCUT2D eigenvalue weighted by atomic mass is 10.2. The van der Waals surface area contributed by atoms with Crippen LogP contribution in [0.2, 0.25) is 0 Å². The maximum atomic E-state index is 12.1. The molecule has 2 heterocycles. The average molecular weight is 368 g/mol. The van der Waals surface area contributed by atoms with Crippen molar-refractivity contribution in [3.8, 4) is 5.75 Å². The van der Waals surface area contributed by atoms with Crippen LogP contribution in [0.3, 0.4) is 0 Å². The number of hydrogen-bond donors (Lipinski definition) is 0. The quantitative estimate of drug-likeness (QED) is 0.812. The number of carbonyl (C=O) groups is 1. The molecule has 8 heteroatoms. The Balaban J connectivity index is 1.99. The number of nitrogens with zero attached hydrogens (tertiary/aromatic N) is 2. The number of amides is 1. The van der Waals surface area contributed by atoms with Gasteiger partial charge in [0, 0.05) is 16.9 Å². The summed E-state index contributed by atoms with van der Waals surface area (Å²) < 4.78 is 29.2. The van der Waals surface area contributed by atoms with Crippen molar-refractivity contribution in [3.05, 3.63) is 24.3 Å². The molecule has 3 rings (SSSR count). The molecule has 0 bridgehead atoms. The van der Waals surface area contributed by atoms with Gasteiger partial charge in [0.1, 0.15) is 5.75 Å². The fraction of sp³-hybridized carbons (Fsp3) is 0.500. The second-order valence-electron chi connectivity index (χ2n) is 6.26. The third-order valence-electron chi connectivity index (χ3n) is 4.12. The standard InChI is InChI=1S/C16H20N2O4S2/c1-10(2)15(19)17-16-18(11-4-6-12(22-3)7-5-11)13-8-24(20,21)9-14(13)23-16/h4-7,10,13-14H,8-9H2,1-3H3/t13-,14-/m1/s1. The first-order chi connectivity index (χ1) is 11.3. The highest BCUT2D eigenvalue weighted by Gasteiger charge is 2.49. The summed E-state index contributed by atoms with van der Waals surface area (Å²) in [5.74, 6) is 0.548. The Morgan fingerprint density at radius 3 is 2.54 bits per heavy atom. The van der Waals surface area contributed by atoms with E-state index in [-0.39, 0.29) is 34.6 Å². The van der Waals surface area contributed by atoms with Gasteiger partial charge in [-0.2, -0.15) is 4.99 Å². The van der Waals surface area contributed by atoms with Crippen LogP contribution in [0, 0.1) is 5.92 Å². The van der Waals surface area contributed by atoms with E-state index >= 15 is 0 Å². The molecule has 2 aliphatic rings. The van der Waals surface area contributed by atoms with E-state index in [0.717, 1.165) is 11.4 Å². The van der Waals surface area contributed by atoms with E-state index < -0.39 is 9.84 Å². The molecule has 6 nitrogen and oxygen atoms in total. The fourth-order valence-corrected chi connectivity index (χ4v) is 6.75. The highest BCUT2D eigenvalue weighted by molar-refractivity contribution is 8.16. The smallest absolute Gasteiger partial charge is 0.250 e. The van der Waals surface area contributed by atoms with Gasteiger partial charge < -0.3 is 9.64 Å². The fourth-order valence-electron chi connectivity index (χ4n) is 2.83. The van der Waals surface area contributed by atoms with Gasteiger partial charge in [0.15, 0.2) is 15.0 Å². The molecular weight excluding hydrogens is 348 g/mol. The van der Waals surface area contributed by atoms with Crippen LogP contribution in [0.25, 0.3) is 0 Å². The van der Waals surface area contributed by atoms with Gasteiger partial charge in [-0.1, -0.05) is 25.6 Å². The number of methoxy groups -OCH3 is 1. The Bertz CT molecular complexity index is 772. The summed E-state index contributed by atoms with van der Waals surface area (Å²) in [6.45, 7) is 3.60. The van der Waals surface area contributed by atoms with Crippen LogP contribution < -0.4 is 9.64 Å². The molecule has 0 radical (unpaired) electrons. The molecule has 1 amide bonds. The van der Waals surface area contributed by atoms with Crippen LogP contribution in [0.5, 0.6) is 5.75 Å². The van der Waals surface area contributed by atoms with Gasteiger partial charge >= 0.3 is 0 Å². The number of fused-ring (bicyclic) bond motifs is 1. The second kappa shape index (κ2) is 6.40. The number of sulfone groups is 1. The van der Waals surface area contributed by atoms with Crippen molar-refractivity contribution in [1.29, 1.82) is 0 Å². The average Bonchev–Trinajstić information content (AvgIpc) is 2.98. The van der Waals surface area contributed by atoms with E-state index in [4.69, 9.17) is 4.74 Å². The zero-order valence-electron chi connectivity index (χ0n) is 13.8. The van der Waals surface area contributed by atoms with Crippen LogP contribution in [0.4, 0.5) is 5.69 Å². The first-order valence-corrected chi connectivity index (χ1v) is 10.4. The molecule has 2 saturated heterocycles. The molecule has 0 aromatic heterocycles. The summed E-state index contributed by atoms with van der Waals surface area (Å²) in [5, 5.41) is 0.500. The van der Waals surface area contributed by atoms with Gasteiger partial charge in [0.25, 0.3) is 5.91 Å². The number of benzene rings is 1. The molecule has 0 aliphatic carbocycles. The lowest BCUT2D eigenvalue weighted by Gasteiger charge is -2.24. The third-order valence-corrected chi connectivity index (χ3v) is 7.33. The van der Waals surface area contributed by atoms with Crippen molar-refractivity contribution in [2.75, 3.05) is 23.5 Å². The van der Waals surface area contributed by atoms with Crippen LogP contribution in [-0.4, -0.2) is 49.4 Å². The minimum atomic E-state index is -3.05. The number of ether oxygens (including phenoxy) is 1. The van der Waals surface area contributed by atoms with Gasteiger partial charge in [0.05, 0.1) is 24.7 Å². The van der Waals surface area contributed by atoms with Crippen molar-refractivity contribution in [2.45, 2.75) is 25.1 Å². The molecule has 0 unspecified atom stereocenters. The van der Waals surface area contributed by atoms with Crippen molar-refractivity contribution in [2.24, 2.45) is 10.9 Å². The number of anilines is 1. The molecule has 0 N–H and O–H groups in total. The molecular formula is C16H20N2O4S2. The number of rotatable bonds is 3. The second-order valence-corrected chi connectivity index (χ2v) is 9.62. The Hall–Kier alpha value is -1.54. The van der Waals surface area contributed by atoms with Crippen LogP contribution in [0.15, 0.2) is 29.3 Å². The normalized spacial score (nSPS) is 26.8. The molecule has 0 spiro atoms. The summed E-state index contributed by atoms with van der Waals surface area (Å²) in [4.78, 5) is 18.2. The predicted molar refractivity (Wildman–Crippen MR) is 96.6 cm³/mol. The Morgan fingerprint density at radius 1 is 1.29 bits per heavy atom. The molecule has 2 fully saturated rings. The number of aliphatic imine (C=N–C) groups is 1. The summed E-state index contributed by atoms with van der Waals surface area (Å²) in [6, 6.07) is 7.17. The van der Waals surface area contributed by atoms with Gasteiger partial charge in [-0.3, -0.25) is 4.79 Å². The summed E-state index contributed by atoms with van der Waals surface area (Å²) in [5.41, 5.74) is 0.822. The molecule has 1 aromatic carbocycles. The monoisotopic (exact) mass is 368 g/mol. The number of carbonyl (C=O) groups excluding carboxylic acids is 1. The van der Waals surface area contributed by atoms with Gasteiger partial charge in [0.2, 0.25) is 0 Å². The van der Waals surface area contributed by atoms with Gasteiger partial charge in [-0.05, 0) is 24.3 Å². The van der Waals surface area contributed by atoms with Gasteiger partial charge in [-0.25, -0.2) is 8.42 Å². The van der Waals surface area contributed by atoms with Crippen molar-refractivity contribution >= 4 is 38.4 Å². The lowest BCUT2D eigenvalue weighted by molar-refractivity contribution is -0.120. The predicted octanol–water partition coefficient (Wildman–Crippen LogP) is 1.95. The first kappa shape index (κ1) is 17.3. The van der Waals surface area contributed by atoms with E-state index in [2.05, 4.69) is 4.99 Å². The molecule has 2 atom stereocenters. The third kappa shape index (κ3) is 3.30. The lowest BCUT2D eigenvalue weighted by Crippen LogP contribution is -2.37. The number of amidine groups is 1. The van der Waals surface area contributed by atoms with E-state index in [1.807, 2.05) is 29.2 Å². The topological polar surface area (TPSA) is 76.0 Å². The Labute approximate surface area is 146 Å². The van der Waals surface area contributed by atoms with E-state index in [1.54, 1.807) is 21.0 Å². The van der Waals surface area contributed by atoms with Crippen molar-refractivity contribution in [1.82, 2.24) is 0 Å². The van der Waals surface area contributed by atoms with E-state index in [9.17, 15) is 13.2 Å². The maximum Gasteiger partial charge on any atom is 0.250 e. The summed E-state index contributed by atoms with van der Waals surface area (Å²) in [7, 11) is -1.46. The Morgan fingerprint density at radius 2 is 1.96 bits per heavy atom. The molecule has 0 saturated carbocycles. The van der Waals surface area contributed by atoms with Crippen LogP contribution in [-0.2, 0) is 14.6 Å². The molecule has 130 valence electrons. The Kier molecular flexibility index (Phi) is 4.61. The van der Waals surface area contributed by atoms with Crippen molar-refractivity contribution in [3.63, 3.8) is 0 Å². The van der Waals surface area contributed by atoms with E-state index in [1.165, 1.54) is 11.8 Å². The number of thioether (sulfide) groups is 1. The molecule has 24 heavy (non-hydrogen) atoms. The number of hydrogen-bond acceptors (Lipinski definition) is 5. The minimum Gasteiger partial charge on any atom is -0.497 e. The minimum absolute atomic E-state index is 0.0872. The zero-order chi connectivity index (χ0) is 17.5.